The Hall–Kier alpha value is -2.66. The fourth-order valence-corrected chi connectivity index (χ4v) is 2.54. The zero-order valence-electron chi connectivity index (χ0n) is 14.4. The number of hydrogen-bond acceptors (Lipinski definition) is 5. The van der Waals surface area contributed by atoms with Gasteiger partial charge in [-0.2, -0.15) is 0 Å². The summed E-state index contributed by atoms with van der Waals surface area (Å²) in [7, 11) is 0. The molecule has 0 radical (unpaired) electrons. The Kier molecular flexibility index (Phi) is 5.93. The van der Waals surface area contributed by atoms with Gasteiger partial charge in [0, 0.05) is 23.0 Å². The van der Waals surface area contributed by atoms with Gasteiger partial charge in [-0.05, 0) is 50.6 Å². The van der Waals surface area contributed by atoms with Crippen LogP contribution in [0.1, 0.15) is 28.5 Å². The van der Waals surface area contributed by atoms with E-state index in [-0.39, 0.29) is 12.4 Å². The molecule has 1 aromatic carbocycles. The average Bonchev–Trinajstić information content (AvgIpc) is 2.55. The molecule has 0 aliphatic rings. The molecule has 1 N–H and O–H groups in total. The number of halogens is 1. The molecule has 130 valence electrons. The summed E-state index contributed by atoms with van der Waals surface area (Å²) < 4.78 is 5.16. The maximum Gasteiger partial charge on any atom is 0.341 e. The van der Waals surface area contributed by atoms with Crippen LogP contribution in [0.5, 0.6) is 0 Å². The van der Waals surface area contributed by atoms with Crippen molar-refractivity contribution in [2.45, 2.75) is 20.8 Å². The van der Waals surface area contributed by atoms with E-state index in [1.807, 2.05) is 50.2 Å². The van der Waals surface area contributed by atoms with E-state index in [9.17, 15) is 4.79 Å². The van der Waals surface area contributed by atoms with Crippen molar-refractivity contribution in [3.05, 3.63) is 59.4 Å². The first kappa shape index (κ1) is 18.7. The number of aromatic nitrogens is 2. The number of esters is 1. The summed E-state index contributed by atoms with van der Waals surface area (Å²) in [5.41, 5.74) is 4.56. The van der Waals surface area contributed by atoms with Crippen LogP contribution in [0, 0.1) is 13.8 Å². The van der Waals surface area contributed by atoms with Gasteiger partial charge in [-0.1, -0.05) is 12.1 Å². The number of ether oxygens (including phenoxy) is 1. The van der Waals surface area contributed by atoms with E-state index in [0.717, 1.165) is 22.3 Å². The largest absolute Gasteiger partial charge is 0.462 e. The maximum absolute atomic E-state index is 12.3. The van der Waals surface area contributed by atoms with E-state index in [4.69, 9.17) is 4.74 Å². The molecule has 2 aromatic heterocycles. The highest BCUT2D eigenvalue weighted by atomic mass is 35.5. The molecular formula is C19H20ClN3O2. The number of nitrogens with one attached hydrogen (secondary N) is 1. The fourth-order valence-electron chi connectivity index (χ4n) is 2.54. The number of anilines is 2. The van der Waals surface area contributed by atoms with Gasteiger partial charge in [0.2, 0.25) is 0 Å². The normalized spacial score (nSPS) is 10.2. The van der Waals surface area contributed by atoms with Crippen LogP contribution < -0.4 is 5.32 Å². The maximum atomic E-state index is 12.3. The van der Waals surface area contributed by atoms with Crippen molar-refractivity contribution in [2.75, 3.05) is 11.9 Å². The van der Waals surface area contributed by atoms with Crippen LogP contribution in [0.2, 0.25) is 0 Å². The summed E-state index contributed by atoms with van der Waals surface area (Å²) in [6.07, 6.45) is 1.52. The first-order chi connectivity index (χ1) is 11.6. The van der Waals surface area contributed by atoms with Gasteiger partial charge in [0.25, 0.3) is 0 Å². The zero-order valence-corrected chi connectivity index (χ0v) is 15.2. The minimum Gasteiger partial charge on any atom is -0.462 e. The number of carbonyl (C=O) groups is 1. The SMILES string of the molecule is CCOC(=O)c1cnc2nc(C)ccc2c1Nc1cccc(C)c1.Cl. The van der Waals surface area contributed by atoms with Crippen LogP contribution in [0.3, 0.4) is 0 Å². The van der Waals surface area contributed by atoms with E-state index in [1.165, 1.54) is 6.20 Å². The molecule has 25 heavy (non-hydrogen) atoms. The van der Waals surface area contributed by atoms with E-state index in [2.05, 4.69) is 15.3 Å². The second-order valence-electron chi connectivity index (χ2n) is 5.59. The third-order valence-electron chi connectivity index (χ3n) is 3.65. The van der Waals surface area contributed by atoms with E-state index in [0.29, 0.717) is 23.5 Å². The van der Waals surface area contributed by atoms with Crippen LogP contribution in [0.25, 0.3) is 11.0 Å². The summed E-state index contributed by atoms with van der Waals surface area (Å²) in [6, 6.07) is 11.8. The second kappa shape index (κ2) is 7.94. The Morgan fingerprint density at radius 2 is 2.00 bits per heavy atom. The molecule has 6 heteroatoms. The van der Waals surface area contributed by atoms with E-state index < -0.39 is 5.97 Å². The molecule has 3 rings (SSSR count). The van der Waals surface area contributed by atoms with Crippen molar-refractivity contribution in [2.24, 2.45) is 0 Å². The zero-order chi connectivity index (χ0) is 17.1. The van der Waals surface area contributed by atoms with Gasteiger partial charge >= 0.3 is 5.97 Å². The molecule has 0 saturated heterocycles. The quantitative estimate of drug-likeness (QED) is 0.692. The van der Waals surface area contributed by atoms with Gasteiger partial charge in [-0.25, -0.2) is 14.8 Å². The minimum absolute atomic E-state index is 0. The Bertz CT molecular complexity index is 912. The molecule has 0 fully saturated rings. The number of rotatable bonds is 4. The van der Waals surface area contributed by atoms with E-state index >= 15 is 0 Å². The van der Waals surface area contributed by atoms with Gasteiger partial charge < -0.3 is 10.1 Å². The second-order valence-corrected chi connectivity index (χ2v) is 5.59. The Labute approximate surface area is 152 Å². The van der Waals surface area contributed by atoms with Gasteiger partial charge in [-0.15, -0.1) is 12.4 Å². The smallest absolute Gasteiger partial charge is 0.341 e. The highest BCUT2D eigenvalue weighted by Gasteiger charge is 2.17. The lowest BCUT2D eigenvalue weighted by Gasteiger charge is -2.14. The molecule has 0 atom stereocenters. The lowest BCUT2D eigenvalue weighted by molar-refractivity contribution is 0.0527. The minimum atomic E-state index is -0.400. The number of hydrogen-bond donors (Lipinski definition) is 1. The highest BCUT2D eigenvalue weighted by Crippen LogP contribution is 2.29. The lowest BCUT2D eigenvalue weighted by atomic mass is 10.1. The van der Waals surface area contributed by atoms with Crippen LogP contribution in [-0.4, -0.2) is 22.5 Å². The van der Waals surface area contributed by atoms with Gasteiger partial charge in [0.15, 0.2) is 5.65 Å². The molecular weight excluding hydrogens is 338 g/mol. The first-order valence-corrected chi connectivity index (χ1v) is 7.85. The molecule has 0 aliphatic carbocycles. The van der Waals surface area contributed by atoms with Crippen molar-refractivity contribution in [1.29, 1.82) is 0 Å². The Morgan fingerprint density at radius 3 is 2.72 bits per heavy atom. The molecule has 3 aromatic rings. The predicted molar refractivity (Wildman–Crippen MR) is 102 cm³/mol. The van der Waals surface area contributed by atoms with Crippen LogP contribution in [0.4, 0.5) is 11.4 Å². The predicted octanol–water partition coefficient (Wildman–Crippen LogP) is 4.59. The molecule has 0 unspecified atom stereocenters. The number of carbonyl (C=O) groups excluding carboxylic acids is 1. The van der Waals surface area contributed by atoms with Gasteiger partial charge in [-0.3, -0.25) is 0 Å². The third kappa shape index (κ3) is 4.06. The monoisotopic (exact) mass is 357 g/mol. The standard InChI is InChI=1S/C19H19N3O2.ClH/c1-4-24-19(23)16-11-20-18-15(9-8-13(3)21-18)17(16)22-14-7-5-6-12(2)10-14;/h5-11H,4H2,1-3H3,(H,20,21,22);1H. The van der Waals surface area contributed by atoms with Crippen molar-refractivity contribution in [1.82, 2.24) is 9.97 Å². The van der Waals surface area contributed by atoms with Crippen LogP contribution >= 0.6 is 12.4 Å². The summed E-state index contributed by atoms with van der Waals surface area (Å²) >= 11 is 0. The lowest BCUT2D eigenvalue weighted by Crippen LogP contribution is -2.09. The average molecular weight is 358 g/mol. The number of nitrogens with zero attached hydrogens (tertiary/aromatic N) is 2. The molecule has 0 bridgehead atoms. The Morgan fingerprint density at radius 1 is 1.20 bits per heavy atom. The topological polar surface area (TPSA) is 64.1 Å². The summed E-state index contributed by atoms with van der Waals surface area (Å²) in [5, 5.41) is 4.12. The first-order valence-electron chi connectivity index (χ1n) is 7.85. The number of fused-ring (bicyclic) bond motifs is 1. The van der Waals surface area contributed by atoms with Crippen LogP contribution in [0.15, 0.2) is 42.6 Å². The number of aryl methyl sites for hydroxylation is 2. The summed E-state index contributed by atoms with van der Waals surface area (Å²) in [6.45, 7) is 6.03. The molecule has 2 heterocycles. The van der Waals surface area contributed by atoms with E-state index in [1.54, 1.807) is 6.92 Å². The van der Waals surface area contributed by atoms with Gasteiger partial charge in [0.05, 0.1) is 12.3 Å². The Balaban J connectivity index is 0.00000225. The number of pyridine rings is 2. The molecule has 0 aliphatic heterocycles. The molecule has 0 amide bonds. The van der Waals surface area contributed by atoms with Crippen molar-refractivity contribution >= 4 is 40.8 Å². The number of benzene rings is 1. The molecule has 0 saturated carbocycles. The third-order valence-corrected chi connectivity index (χ3v) is 3.65. The molecule has 0 spiro atoms. The van der Waals surface area contributed by atoms with Crippen molar-refractivity contribution in [3.63, 3.8) is 0 Å². The van der Waals surface area contributed by atoms with Crippen molar-refractivity contribution < 1.29 is 9.53 Å². The molecule has 5 nitrogen and oxygen atoms in total. The summed E-state index contributed by atoms with van der Waals surface area (Å²) in [5.74, 6) is -0.400. The van der Waals surface area contributed by atoms with Crippen molar-refractivity contribution in [3.8, 4) is 0 Å². The highest BCUT2D eigenvalue weighted by molar-refractivity contribution is 6.05. The summed E-state index contributed by atoms with van der Waals surface area (Å²) in [4.78, 5) is 21.1. The van der Waals surface area contributed by atoms with Crippen LogP contribution in [-0.2, 0) is 4.74 Å². The van der Waals surface area contributed by atoms with Gasteiger partial charge in [0.1, 0.15) is 5.56 Å². The fraction of sp³-hybridized carbons (Fsp3) is 0.211.